The summed E-state index contributed by atoms with van der Waals surface area (Å²) in [5, 5.41) is 3.11. The topological polar surface area (TPSA) is 41.6 Å². The third kappa shape index (κ3) is 5.13. The molecule has 0 aliphatic heterocycles. The lowest BCUT2D eigenvalue weighted by Crippen LogP contribution is -2.35. The molecule has 0 aliphatic carbocycles. The van der Waals surface area contributed by atoms with E-state index in [0.717, 1.165) is 11.4 Å². The molecule has 0 radical (unpaired) electrons. The zero-order valence-electron chi connectivity index (χ0n) is 13.1. The second-order valence-corrected chi connectivity index (χ2v) is 5.20. The standard InChI is InChI=1S/C18H22N2O2/c1-15-8-10-17(11-9-15)22-13-12-20(2)18(21)14-19-16-6-4-3-5-7-16/h3-11,19H,12-14H2,1-2H3. The van der Waals surface area contributed by atoms with Crippen LogP contribution in [0, 0.1) is 6.92 Å². The number of benzene rings is 2. The zero-order valence-corrected chi connectivity index (χ0v) is 13.1. The van der Waals surface area contributed by atoms with Crippen LogP contribution >= 0.6 is 0 Å². The van der Waals surface area contributed by atoms with Crippen LogP contribution in [0.3, 0.4) is 0 Å². The van der Waals surface area contributed by atoms with E-state index in [0.29, 0.717) is 13.2 Å². The number of hydrogen-bond acceptors (Lipinski definition) is 3. The Bertz CT molecular complexity index is 582. The lowest BCUT2D eigenvalue weighted by atomic mass is 10.2. The van der Waals surface area contributed by atoms with Crippen LogP contribution in [-0.4, -0.2) is 37.6 Å². The molecule has 0 saturated heterocycles. The summed E-state index contributed by atoms with van der Waals surface area (Å²) in [6.45, 7) is 3.36. The fourth-order valence-corrected chi connectivity index (χ4v) is 1.93. The maximum Gasteiger partial charge on any atom is 0.241 e. The van der Waals surface area contributed by atoms with Crippen LogP contribution in [0.15, 0.2) is 54.6 Å². The van der Waals surface area contributed by atoms with Crippen molar-refractivity contribution in [3.8, 4) is 5.75 Å². The molecule has 22 heavy (non-hydrogen) atoms. The van der Waals surface area contributed by atoms with Crippen molar-refractivity contribution >= 4 is 11.6 Å². The first-order chi connectivity index (χ1) is 10.6. The van der Waals surface area contributed by atoms with Gasteiger partial charge in [-0.1, -0.05) is 35.9 Å². The summed E-state index contributed by atoms with van der Waals surface area (Å²) >= 11 is 0. The van der Waals surface area contributed by atoms with Gasteiger partial charge in [0.15, 0.2) is 0 Å². The van der Waals surface area contributed by atoms with Gasteiger partial charge in [0.2, 0.25) is 5.91 Å². The Morgan fingerprint density at radius 2 is 1.77 bits per heavy atom. The van der Waals surface area contributed by atoms with E-state index in [-0.39, 0.29) is 12.5 Å². The summed E-state index contributed by atoms with van der Waals surface area (Å²) in [6.07, 6.45) is 0. The average molecular weight is 298 g/mol. The molecule has 0 saturated carbocycles. The molecule has 4 nitrogen and oxygen atoms in total. The summed E-state index contributed by atoms with van der Waals surface area (Å²) in [5.41, 5.74) is 2.15. The molecule has 2 aromatic carbocycles. The van der Waals surface area contributed by atoms with Gasteiger partial charge in [0.1, 0.15) is 12.4 Å². The largest absolute Gasteiger partial charge is 0.492 e. The fraction of sp³-hybridized carbons (Fsp3) is 0.278. The minimum absolute atomic E-state index is 0.0383. The highest BCUT2D eigenvalue weighted by Crippen LogP contribution is 2.11. The molecule has 0 atom stereocenters. The first-order valence-electron chi connectivity index (χ1n) is 7.37. The highest BCUT2D eigenvalue weighted by Gasteiger charge is 2.08. The highest BCUT2D eigenvalue weighted by atomic mass is 16.5. The lowest BCUT2D eigenvalue weighted by Gasteiger charge is -2.18. The van der Waals surface area contributed by atoms with Crippen LogP contribution in [-0.2, 0) is 4.79 Å². The van der Waals surface area contributed by atoms with Crippen LogP contribution in [0.5, 0.6) is 5.75 Å². The van der Waals surface area contributed by atoms with Crippen molar-refractivity contribution in [2.45, 2.75) is 6.92 Å². The Morgan fingerprint density at radius 3 is 2.45 bits per heavy atom. The van der Waals surface area contributed by atoms with Crippen molar-refractivity contribution in [1.29, 1.82) is 0 Å². The summed E-state index contributed by atoms with van der Waals surface area (Å²) < 4.78 is 5.63. The van der Waals surface area contributed by atoms with Crippen molar-refractivity contribution in [3.05, 3.63) is 60.2 Å². The zero-order chi connectivity index (χ0) is 15.8. The summed E-state index contributed by atoms with van der Waals surface area (Å²) in [7, 11) is 1.79. The van der Waals surface area contributed by atoms with Crippen LogP contribution in [0.25, 0.3) is 0 Å². The molecule has 0 unspecified atom stereocenters. The Morgan fingerprint density at radius 1 is 1.09 bits per heavy atom. The van der Waals surface area contributed by atoms with Crippen molar-refractivity contribution < 1.29 is 9.53 Å². The predicted octanol–water partition coefficient (Wildman–Crippen LogP) is 2.94. The van der Waals surface area contributed by atoms with E-state index < -0.39 is 0 Å². The second kappa shape index (κ2) is 8.08. The molecule has 0 aliphatic rings. The number of hydrogen-bond donors (Lipinski definition) is 1. The van der Waals surface area contributed by atoms with Gasteiger partial charge < -0.3 is 15.0 Å². The minimum atomic E-state index is 0.0383. The third-order valence-corrected chi connectivity index (χ3v) is 3.36. The SMILES string of the molecule is Cc1ccc(OCCN(C)C(=O)CNc2ccccc2)cc1. The second-order valence-electron chi connectivity index (χ2n) is 5.20. The van der Waals surface area contributed by atoms with Gasteiger partial charge in [-0.25, -0.2) is 0 Å². The van der Waals surface area contributed by atoms with E-state index in [2.05, 4.69) is 5.32 Å². The molecule has 0 heterocycles. The Balaban J connectivity index is 1.69. The van der Waals surface area contributed by atoms with Crippen molar-refractivity contribution in [3.63, 3.8) is 0 Å². The fourth-order valence-electron chi connectivity index (χ4n) is 1.93. The number of ether oxygens (including phenoxy) is 1. The van der Waals surface area contributed by atoms with E-state index in [1.54, 1.807) is 11.9 Å². The number of nitrogens with zero attached hydrogens (tertiary/aromatic N) is 1. The molecule has 0 spiro atoms. The highest BCUT2D eigenvalue weighted by molar-refractivity contribution is 5.80. The Labute approximate surface area is 131 Å². The molecule has 4 heteroatoms. The van der Waals surface area contributed by atoms with Gasteiger partial charge >= 0.3 is 0 Å². The van der Waals surface area contributed by atoms with Gasteiger partial charge in [0, 0.05) is 12.7 Å². The Kier molecular flexibility index (Phi) is 5.83. The number of carbonyl (C=O) groups excluding carboxylic acids is 1. The van der Waals surface area contributed by atoms with E-state index >= 15 is 0 Å². The van der Waals surface area contributed by atoms with Gasteiger partial charge in [0.25, 0.3) is 0 Å². The van der Waals surface area contributed by atoms with Crippen LogP contribution < -0.4 is 10.1 Å². The van der Waals surface area contributed by atoms with Gasteiger partial charge in [0.05, 0.1) is 13.1 Å². The first kappa shape index (κ1) is 15.9. The molecule has 1 amide bonds. The number of amides is 1. The van der Waals surface area contributed by atoms with E-state index in [1.807, 2.05) is 61.5 Å². The quantitative estimate of drug-likeness (QED) is 0.854. The van der Waals surface area contributed by atoms with Gasteiger partial charge in [-0.3, -0.25) is 4.79 Å². The minimum Gasteiger partial charge on any atom is -0.492 e. The number of nitrogens with one attached hydrogen (secondary N) is 1. The Hall–Kier alpha value is -2.49. The molecular weight excluding hydrogens is 276 g/mol. The van der Waals surface area contributed by atoms with E-state index in [1.165, 1.54) is 5.56 Å². The number of aryl methyl sites for hydroxylation is 1. The maximum atomic E-state index is 12.0. The molecule has 0 bridgehead atoms. The van der Waals surface area contributed by atoms with Gasteiger partial charge in [-0.2, -0.15) is 0 Å². The van der Waals surface area contributed by atoms with E-state index in [4.69, 9.17) is 4.74 Å². The summed E-state index contributed by atoms with van der Waals surface area (Å²) in [6, 6.07) is 17.6. The lowest BCUT2D eigenvalue weighted by molar-refractivity contribution is -0.128. The van der Waals surface area contributed by atoms with Crippen LogP contribution in [0.2, 0.25) is 0 Å². The third-order valence-electron chi connectivity index (χ3n) is 3.36. The number of rotatable bonds is 7. The normalized spacial score (nSPS) is 10.1. The number of likely N-dealkylation sites (N-methyl/N-ethyl adjacent to an activating group) is 1. The molecule has 116 valence electrons. The van der Waals surface area contributed by atoms with E-state index in [9.17, 15) is 4.79 Å². The van der Waals surface area contributed by atoms with Crippen LogP contribution in [0.1, 0.15) is 5.56 Å². The maximum absolute atomic E-state index is 12.0. The molecule has 2 rings (SSSR count). The van der Waals surface area contributed by atoms with Crippen molar-refractivity contribution in [2.75, 3.05) is 32.1 Å². The average Bonchev–Trinajstić information content (AvgIpc) is 2.55. The number of carbonyl (C=O) groups is 1. The monoisotopic (exact) mass is 298 g/mol. The molecule has 0 aromatic heterocycles. The van der Waals surface area contributed by atoms with Crippen molar-refractivity contribution in [1.82, 2.24) is 4.90 Å². The van der Waals surface area contributed by atoms with Crippen molar-refractivity contribution in [2.24, 2.45) is 0 Å². The van der Waals surface area contributed by atoms with Gasteiger partial charge in [-0.05, 0) is 31.2 Å². The predicted molar refractivity (Wildman–Crippen MR) is 89.2 cm³/mol. The molecule has 0 fully saturated rings. The van der Waals surface area contributed by atoms with Crippen LogP contribution in [0.4, 0.5) is 5.69 Å². The van der Waals surface area contributed by atoms with Gasteiger partial charge in [-0.15, -0.1) is 0 Å². The summed E-state index contributed by atoms with van der Waals surface area (Å²) in [4.78, 5) is 13.7. The molecule has 2 aromatic rings. The summed E-state index contributed by atoms with van der Waals surface area (Å²) in [5.74, 6) is 0.866. The smallest absolute Gasteiger partial charge is 0.241 e. The number of para-hydroxylation sites is 1. The number of anilines is 1. The molecular formula is C18H22N2O2. The first-order valence-corrected chi connectivity index (χ1v) is 7.37. The molecule has 1 N–H and O–H groups in total.